The molecule has 0 amide bonds. The Labute approximate surface area is 574 Å². The van der Waals surface area contributed by atoms with Gasteiger partial charge in [-0.2, -0.15) is 11.3 Å². The molecule has 0 fully saturated rings. The first-order valence-electron chi connectivity index (χ1n) is 33.4. The molecule has 6 aromatic carbocycles. The molecule has 0 saturated carbocycles. The largest absolute Gasteiger partial charge is 0.472 e. The van der Waals surface area contributed by atoms with Crippen molar-refractivity contribution in [1.29, 1.82) is 0 Å². The Kier molecular flexibility index (Phi) is 28.2. The first kappa shape index (κ1) is 78.5. The molecule has 0 aliphatic carbocycles. The molecule has 5 heterocycles. The number of hydrogen-bond acceptors (Lipinski definition) is 4. The highest BCUT2D eigenvalue weighted by atomic mass is 32.1. The van der Waals surface area contributed by atoms with Gasteiger partial charge >= 0.3 is 0 Å². The van der Waals surface area contributed by atoms with Crippen molar-refractivity contribution in [3.63, 3.8) is 0 Å². The van der Waals surface area contributed by atoms with Crippen LogP contribution in [0, 0.1) is 27.7 Å². The molecule has 0 N–H and O–H groups in total. The molecular formula is C88H119NO2S2. The molecule has 0 aliphatic heterocycles. The summed E-state index contributed by atoms with van der Waals surface area (Å²) in [6.45, 7) is 62.1. The summed E-state index contributed by atoms with van der Waals surface area (Å²) in [5.74, 6) is 1.04. The third kappa shape index (κ3) is 24.7. The minimum Gasteiger partial charge on any atom is -0.472 e. The van der Waals surface area contributed by atoms with Crippen LogP contribution in [0.25, 0.3) is 27.5 Å². The summed E-state index contributed by atoms with van der Waals surface area (Å²) in [6.07, 6.45) is 5.21. The third-order valence-corrected chi connectivity index (χ3v) is 17.9. The van der Waals surface area contributed by atoms with Gasteiger partial charge in [-0.15, -0.1) is 11.3 Å². The van der Waals surface area contributed by atoms with Gasteiger partial charge in [-0.05, 0) is 186 Å². The van der Waals surface area contributed by atoms with Crippen LogP contribution in [0.5, 0.6) is 0 Å². The molecule has 0 saturated heterocycles. The van der Waals surface area contributed by atoms with Crippen molar-refractivity contribution in [3.05, 3.63) is 277 Å². The average molecular weight is 1290 g/mol. The van der Waals surface area contributed by atoms with Crippen LogP contribution in [0.2, 0.25) is 0 Å². The topological polar surface area (TPSA) is 31.2 Å². The first-order valence-corrected chi connectivity index (χ1v) is 35.2. The molecule has 11 rings (SSSR count). The Bertz CT molecular complexity index is 3620. The Balaban J connectivity index is 0.000000234. The number of benzene rings is 6. The molecule has 93 heavy (non-hydrogen) atoms. The molecule has 0 spiro atoms. The van der Waals surface area contributed by atoms with Gasteiger partial charge in [-0.3, -0.25) is 0 Å². The SMILES string of the molecule is CC(C)(C)c1cccc2c3ccccc3n(-c3ccccc3)c12.CC(C)(C)c1ccco1.CC(C)(C)c1cccs1.CC(C)(C)c1ccoc1.CC(C)(C)c1ccsc1.Cc1cccc(C)c1C(C)(C)C.Cc1ccccc1C(C)(C)C.Cc1ccccc1C(C)(C)C. The number of fused-ring (bicyclic) bond motifs is 3. The van der Waals surface area contributed by atoms with E-state index in [1.807, 2.05) is 29.5 Å². The van der Waals surface area contributed by atoms with E-state index in [1.54, 1.807) is 30.1 Å². The highest BCUT2D eigenvalue weighted by Gasteiger charge is 2.24. The second-order valence-electron chi connectivity index (χ2n) is 32.8. The first-order chi connectivity index (χ1) is 43.0. The van der Waals surface area contributed by atoms with Crippen molar-refractivity contribution >= 4 is 44.5 Å². The van der Waals surface area contributed by atoms with Gasteiger partial charge in [0, 0.05) is 26.8 Å². The van der Waals surface area contributed by atoms with Crippen LogP contribution in [0.3, 0.4) is 0 Å². The maximum Gasteiger partial charge on any atom is 0.109 e. The van der Waals surface area contributed by atoms with Gasteiger partial charge in [0.05, 0.1) is 29.8 Å². The van der Waals surface area contributed by atoms with Crippen LogP contribution in [0.1, 0.15) is 232 Å². The normalized spacial score (nSPS) is 11.9. The zero-order chi connectivity index (χ0) is 70.0. The van der Waals surface area contributed by atoms with E-state index in [-0.39, 0.29) is 32.5 Å². The van der Waals surface area contributed by atoms with Crippen molar-refractivity contribution < 1.29 is 8.83 Å². The van der Waals surface area contributed by atoms with E-state index >= 15 is 0 Å². The molecule has 0 bridgehead atoms. The monoisotopic (exact) mass is 1290 g/mol. The van der Waals surface area contributed by atoms with E-state index in [1.165, 1.54) is 88.0 Å². The van der Waals surface area contributed by atoms with Crippen LogP contribution in [-0.2, 0) is 43.3 Å². The van der Waals surface area contributed by atoms with Crippen molar-refractivity contribution in [1.82, 2.24) is 4.57 Å². The zero-order valence-corrected chi connectivity index (χ0v) is 64.4. The molecular weight excluding hydrogens is 1170 g/mol. The van der Waals surface area contributed by atoms with E-state index in [0.29, 0.717) is 10.8 Å². The number of thiophene rings is 2. The zero-order valence-electron chi connectivity index (χ0n) is 62.8. The Morgan fingerprint density at radius 2 is 0.806 bits per heavy atom. The van der Waals surface area contributed by atoms with Gasteiger partial charge in [-0.25, -0.2) is 0 Å². The summed E-state index contributed by atoms with van der Waals surface area (Å²) < 4.78 is 12.5. The molecule has 0 radical (unpaired) electrons. The van der Waals surface area contributed by atoms with Crippen molar-refractivity contribution in [2.45, 2.75) is 237 Å². The second-order valence-corrected chi connectivity index (χ2v) is 34.5. The van der Waals surface area contributed by atoms with Crippen molar-refractivity contribution in [3.8, 4) is 5.69 Å². The lowest BCUT2D eigenvalue weighted by Crippen LogP contribution is -2.14. The molecule has 5 aromatic heterocycles. The number of para-hydroxylation sites is 3. The molecule has 0 atom stereocenters. The van der Waals surface area contributed by atoms with Gasteiger partial charge in [0.1, 0.15) is 5.76 Å². The number of hydrogen-bond donors (Lipinski definition) is 0. The molecule has 5 heteroatoms. The smallest absolute Gasteiger partial charge is 0.109 e. The van der Waals surface area contributed by atoms with Gasteiger partial charge in [0.2, 0.25) is 0 Å². The lowest BCUT2D eigenvalue weighted by molar-refractivity contribution is 0.409. The fourth-order valence-electron chi connectivity index (χ4n) is 11.1. The summed E-state index contributed by atoms with van der Waals surface area (Å²) in [7, 11) is 0. The van der Waals surface area contributed by atoms with Crippen LogP contribution < -0.4 is 0 Å². The Hall–Kier alpha value is -6.92. The fraction of sp³-hybridized carbons (Fsp3) is 0.409. The van der Waals surface area contributed by atoms with Crippen LogP contribution in [-0.4, -0.2) is 4.57 Å². The molecule has 3 nitrogen and oxygen atoms in total. The summed E-state index contributed by atoms with van der Waals surface area (Å²) in [5, 5.41) is 9.11. The maximum atomic E-state index is 5.20. The van der Waals surface area contributed by atoms with E-state index in [2.05, 4.69) is 372 Å². The number of aryl methyl sites for hydroxylation is 4. The van der Waals surface area contributed by atoms with Gasteiger partial charge in [-0.1, -0.05) is 294 Å². The second kappa shape index (κ2) is 33.5. The number of furan rings is 2. The molecule has 0 unspecified atom stereocenters. The summed E-state index contributed by atoms with van der Waals surface area (Å²) in [4.78, 5) is 1.46. The summed E-state index contributed by atoms with van der Waals surface area (Å²) in [5.41, 5.74) is 19.9. The third-order valence-electron chi connectivity index (χ3n) is 15.9. The van der Waals surface area contributed by atoms with Crippen LogP contribution >= 0.6 is 22.7 Å². The highest BCUT2D eigenvalue weighted by molar-refractivity contribution is 7.10. The molecule has 11 aromatic rings. The van der Waals surface area contributed by atoms with E-state index in [9.17, 15) is 0 Å². The summed E-state index contributed by atoms with van der Waals surface area (Å²) >= 11 is 3.60. The quantitative estimate of drug-likeness (QED) is 0.164. The van der Waals surface area contributed by atoms with Gasteiger partial charge in [0.25, 0.3) is 0 Å². The number of nitrogens with zero attached hydrogens (tertiary/aromatic N) is 1. The average Bonchev–Trinajstić information content (AvgIpc) is 1.59. The Morgan fingerprint density at radius 1 is 0.333 bits per heavy atom. The maximum absolute atomic E-state index is 5.20. The van der Waals surface area contributed by atoms with E-state index in [0.717, 1.165) is 5.76 Å². The molecule has 500 valence electrons. The lowest BCUT2D eigenvalue weighted by Gasteiger charge is -2.23. The summed E-state index contributed by atoms with van der Waals surface area (Å²) in [6, 6.07) is 62.1. The predicted octanol–water partition coefficient (Wildman–Crippen LogP) is 27.5. The van der Waals surface area contributed by atoms with E-state index in [4.69, 9.17) is 8.83 Å². The number of aromatic nitrogens is 1. The van der Waals surface area contributed by atoms with Crippen molar-refractivity contribution in [2.75, 3.05) is 0 Å². The number of rotatable bonds is 1. The van der Waals surface area contributed by atoms with Crippen molar-refractivity contribution in [2.24, 2.45) is 0 Å². The highest BCUT2D eigenvalue weighted by Crippen LogP contribution is 2.39. The minimum atomic E-state index is 0.0976. The molecule has 0 aliphatic rings. The van der Waals surface area contributed by atoms with Crippen LogP contribution in [0.15, 0.2) is 220 Å². The minimum absolute atomic E-state index is 0.0976. The predicted molar refractivity (Wildman–Crippen MR) is 415 cm³/mol. The van der Waals surface area contributed by atoms with Gasteiger partial charge in [0.15, 0.2) is 0 Å². The van der Waals surface area contributed by atoms with Gasteiger partial charge < -0.3 is 13.4 Å². The van der Waals surface area contributed by atoms with E-state index < -0.39 is 0 Å². The van der Waals surface area contributed by atoms with Crippen LogP contribution in [0.4, 0.5) is 0 Å². The standard InChI is InChI=1S/C22H21N.C12H18.2C11H16.2C8H12O.2C8H12S/c1-22(2,3)19-14-9-13-18-17-12-7-8-15-20(17)23(21(18)19)16-10-5-4-6-11-16;1-9-7-6-8-10(2)11(9)12(3,4)5;2*1-9-7-5-6-8-10(9)11(2,3)4;1-8(2,3)7-4-5-9-6-7;1-8(2,3)7-5-4-6-9-7;1-8(2,3)7-4-5-9-6-7;1-8(2,3)7-5-4-6-9-7/h4-15H,1-3H3;6-8H,1-5H3;2*5-8H,1-4H3;4*4-6H,1-3H3. The Morgan fingerprint density at radius 3 is 1.15 bits per heavy atom. The lowest BCUT2D eigenvalue weighted by atomic mass is 9.81. The fourth-order valence-corrected chi connectivity index (χ4v) is 12.8.